The smallest absolute Gasteiger partial charge is 0.127 e. The van der Waals surface area contributed by atoms with Gasteiger partial charge in [0.05, 0.1) is 16.4 Å². The largest absolute Gasteiger partial charge is 0.324 e. The zero-order chi connectivity index (χ0) is 12.7. The van der Waals surface area contributed by atoms with Crippen LogP contribution >= 0.6 is 11.6 Å². The van der Waals surface area contributed by atoms with Gasteiger partial charge in [-0.25, -0.2) is 4.98 Å². The summed E-state index contributed by atoms with van der Waals surface area (Å²) in [4.78, 5) is 4.75. The third-order valence-corrected chi connectivity index (χ3v) is 4.11. The second kappa shape index (κ2) is 4.58. The highest BCUT2D eigenvalue weighted by molar-refractivity contribution is 6.20. The minimum atomic E-state index is -0.0293. The van der Waals surface area contributed by atoms with Crippen LogP contribution in [0.5, 0.6) is 0 Å². The van der Waals surface area contributed by atoms with E-state index in [1.54, 1.807) is 0 Å². The highest BCUT2D eigenvalue weighted by Crippen LogP contribution is 2.36. The van der Waals surface area contributed by atoms with Gasteiger partial charge in [0.1, 0.15) is 5.82 Å². The van der Waals surface area contributed by atoms with E-state index in [0.717, 1.165) is 11.3 Å². The molecule has 1 saturated carbocycles. The zero-order valence-electron chi connectivity index (χ0n) is 11.0. The number of nitrogens with zero attached hydrogens (tertiary/aromatic N) is 2. The maximum atomic E-state index is 6.31. The van der Waals surface area contributed by atoms with Gasteiger partial charge < -0.3 is 4.57 Å². The zero-order valence-corrected chi connectivity index (χ0v) is 11.7. The second-order valence-corrected chi connectivity index (χ2v) is 6.04. The molecule has 1 heterocycles. The maximum absolute atomic E-state index is 6.31. The van der Waals surface area contributed by atoms with Gasteiger partial charge >= 0.3 is 0 Å². The van der Waals surface area contributed by atoms with E-state index in [1.165, 1.54) is 36.8 Å². The van der Waals surface area contributed by atoms with Crippen molar-refractivity contribution in [1.82, 2.24) is 9.55 Å². The summed E-state index contributed by atoms with van der Waals surface area (Å²) in [6.07, 6.45) is 5.17. The highest BCUT2D eigenvalue weighted by atomic mass is 35.5. The van der Waals surface area contributed by atoms with Gasteiger partial charge in [0, 0.05) is 6.04 Å². The first-order valence-electron chi connectivity index (χ1n) is 6.79. The SMILES string of the molecule is Cc1ccc2c(c1)nc(C(C)Cl)n2C1CCCC1. The van der Waals surface area contributed by atoms with Crippen LogP contribution in [0.1, 0.15) is 55.4 Å². The van der Waals surface area contributed by atoms with Gasteiger partial charge in [0.15, 0.2) is 0 Å². The topological polar surface area (TPSA) is 17.8 Å². The summed E-state index contributed by atoms with van der Waals surface area (Å²) in [5.41, 5.74) is 3.59. The number of benzene rings is 1. The van der Waals surface area contributed by atoms with Crippen molar-refractivity contribution >= 4 is 22.6 Å². The van der Waals surface area contributed by atoms with Crippen molar-refractivity contribution < 1.29 is 0 Å². The molecule has 18 heavy (non-hydrogen) atoms. The van der Waals surface area contributed by atoms with E-state index in [0.29, 0.717) is 6.04 Å². The van der Waals surface area contributed by atoms with E-state index in [4.69, 9.17) is 16.6 Å². The van der Waals surface area contributed by atoms with Crippen LogP contribution in [0.2, 0.25) is 0 Å². The van der Waals surface area contributed by atoms with E-state index < -0.39 is 0 Å². The van der Waals surface area contributed by atoms with Crippen LogP contribution in [-0.2, 0) is 0 Å². The minimum Gasteiger partial charge on any atom is -0.324 e. The Bertz CT molecular complexity index is 565. The van der Waals surface area contributed by atoms with Crippen LogP contribution in [-0.4, -0.2) is 9.55 Å². The normalized spacial score (nSPS) is 18.6. The molecule has 0 radical (unpaired) electrons. The Labute approximate surface area is 113 Å². The molecule has 1 aromatic heterocycles. The third kappa shape index (κ3) is 1.93. The minimum absolute atomic E-state index is 0.0293. The van der Waals surface area contributed by atoms with E-state index in [-0.39, 0.29) is 5.38 Å². The second-order valence-electron chi connectivity index (χ2n) is 5.39. The van der Waals surface area contributed by atoms with Crippen LogP contribution in [0.4, 0.5) is 0 Å². The van der Waals surface area contributed by atoms with E-state index in [1.807, 2.05) is 6.92 Å². The Morgan fingerprint density at radius 1 is 1.33 bits per heavy atom. The number of halogens is 1. The van der Waals surface area contributed by atoms with Crippen molar-refractivity contribution in [2.24, 2.45) is 0 Å². The molecule has 0 amide bonds. The summed E-state index contributed by atoms with van der Waals surface area (Å²) >= 11 is 6.31. The molecule has 0 N–H and O–H groups in total. The summed E-state index contributed by atoms with van der Waals surface area (Å²) in [6.45, 7) is 4.12. The molecule has 0 bridgehead atoms. The molecule has 0 spiro atoms. The number of aromatic nitrogens is 2. The maximum Gasteiger partial charge on any atom is 0.127 e. The molecule has 0 saturated heterocycles. The number of hydrogen-bond donors (Lipinski definition) is 0. The molecule has 3 rings (SSSR count). The molecule has 1 aromatic carbocycles. The summed E-state index contributed by atoms with van der Waals surface area (Å²) in [6, 6.07) is 7.11. The molecule has 1 fully saturated rings. The van der Waals surface area contributed by atoms with E-state index in [2.05, 4.69) is 29.7 Å². The molecule has 1 aliphatic rings. The van der Waals surface area contributed by atoms with Crippen LogP contribution in [0, 0.1) is 6.92 Å². The first kappa shape index (κ1) is 12.0. The summed E-state index contributed by atoms with van der Waals surface area (Å²) in [5, 5.41) is -0.0293. The van der Waals surface area contributed by atoms with Crippen molar-refractivity contribution in [2.75, 3.05) is 0 Å². The number of hydrogen-bond acceptors (Lipinski definition) is 1. The molecule has 1 unspecified atom stereocenters. The Kier molecular flexibility index (Phi) is 3.06. The molecular formula is C15H19ClN2. The lowest BCUT2D eigenvalue weighted by Gasteiger charge is -2.17. The van der Waals surface area contributed by atoms with E-state index >= 15 is 0 Å². The Morgan fingerprint density at radius 3 is 2.72 bits per heavy atom. The molecule has 3 heteroatoms. The van der Waals surface area contributed by atoms with Crippen LogP contribution in [0.15, 0.2) is 18.2 Å². The number of fused-ring (bicyclic) bond motifs is 1. The fourth-order valence-electron chi connectivity index (χ4n) is 3.05. The fourth-order valence-corrected chi connectivity index (χ4v) is 3.21. The molecule has 0 aliphatic heterocycles. The standard InChI is InChI=1S/C15H19ClN2/c1-10-7-8-14-13(9-10)17-15(11(2)16)18(14)12-5-3-4-6-12/h7-9,11-12H,3-6H2,1-2H3. The predicted octanol–water partition coefficient (Wildman–Crippen LogP) is 4.76. The highest BCUT2D eigenvalue weighted by Gasteiger charge is 2.24. The average Bonchev–Trinajstić information content (AvgIpc) is 2.92. The van der Waals surface area contributed by atoms with Crippen molar-refractivity contribution in [3.63, 3.8) is 0 Å². The van der Waals surface area contributed by atoms with Crippen LogP contribution < -0.4 is 0 Å². The third-order valence-electron chi connectivity index (χ3n) is 3.92. The molecule has 1 aliphatic carbocycles. The fraction of sp³-hybridized carbons (Fsp3) is 0.533. The average molecular weight is 263 g/mol. The lowest BCUT2D eigenvalue weighted by Crippen LogP contribution is -2.09. The van der Waals surface area contributed by atoms with Gasteiger partial charge in [-0.3, -0.25) is 0 Å². The van der Waals surface area contributed by atoms with Gasteiger partial charge in [0.2, 0.25) is 0 Å². The number of imidazole rings is 1. The first-order chi connectivity index (χ1) is 8.66. The van der Waals surface area contributed by atoms with Crippen molar-refractivity contribution in [2.45, 2.75) is 50.9 Å². The molecule has 2 nitrogen and oxygen atoms in total. The first-order valence-corrected chi connectivity index (χ1v) is 7.23. The van der Waals surface area contributed by atoms with Crippen molar-refractivity contribution in [3.05, 3.63) is 29.6 Å². The van der Waals surface area contributed by atoms with Crippen LogP contribution in [0.3, 0.4) is 0 Å². The van der Waals surface area contributed by atoms with Crippen molar-refractivity contribution in [1.29, 1.82) is 0 Å². The Hall–Kier alpha value is -1.02. The lowest BCUT2D eigenvalue weighted by atomic mass is 10.2. The summed E-state index contributed by atoms with van der Waals surface area (Å²) in [5.74, 6) is 1.03. The monoisotopic (exact) mass is 262 g/mol. The van der Waals surface area contributed by atoms with Crippen LogP contribution in [0.25, 0.3) is 11.0 Å². The molecule has 1 atom stereocenters. The van der Waals surface area contributed by atoms with Gasteiger partial charge in [-0.15, -0.1) is 11.6 Å². The lowest BCUT2D eigenvalue weighted by molar-refractivity contribution is 0.510. The quantitative estimate of drug-likeness (QED) is 0.714. The van der Waals surface area contributed by atoms with Crippen molar-refractivity contribution in [3.8, 4) is 0 Å². The molecular weight excluding hydrogens is 244 g/mol. The van der Waals surface area contributed by atoms with Gasteiger partial charge in [-0.05, 0) is 44.4 Å². The number of rotatable bonds is 2. The van der Waals surface area contributed by atoms with Gasteiger partial charge in [-0.2, -0.15) is 0 Å². The Morgan fingerprint density at radius 2 is 2.06 bits per heavy atom. The number of aryl methyl sites for hydroxylation is 1. The molecule has 2 aromatic rings. The Balaban J connectivity index is 2.21. The molecule has 96 valence electrons. The summed E-state index contributed by atoms with van der Waals surface area (Å²) < 4.78 is 2.39. The number of alkyl halides is 1. The van der Waals surface area contributed by atoms with Gasteiger partial charge in [0.25, 0.3) is 0 Å². The summed E-state index contributed by atoms with van der Waals surface area (Å²) in [7, 11) is 0. The van der Waals surface area contributed by atoms with Gasteiger partial charge in [-0.1, -0.05) is 18.9 Å². The van der Waals surface area contributed by atoms with E-state index in [9.17, 15) is 0 Å². The predicted molar refractivity (Wildman–Crippen MR) is 76.2 cm³/mol.